The third-order valence-corrected chi connectivity index (χ3v) is 2.23. The molecule has 5 nitrogen and oxygen atoms in total. The van der Waals surface area contributed by atoms with E-state index in [0.717, 1.165) is 13.0 Å². The lowest BCUT2D eigenvalue weighted by atomic mass is 10.0. The van der Waals surface area contributed by atoms with Crippen molar-refractivity contribution in [2.45, 2.75) is 26.2 Å². The van der Waals surface area contributed by atoms with Crippen LogP contribution in [-0.4, -0.2) is 37.1 Å². The van der Waals surface area contributed by atoms with Crippen LogP contribution in [0.25, 0.3) is 0 Å². The molecule has 0 aliphatic carbocycles. The van der Waals surface area contributed by atoms with Crippen molar-refractivity contribution < 1.29 is 14.7 Å². The van der Waals surface area contributed by atoms with E-state index < -0.39 is 5.97 Å². The predicted molar refractivity (Wildman–Crippen MR) is 57.6 cm³/mol. The van der Waals surface area contributed by atoms with Crippen LogP contribution in [0.4, 0.5) is 0 Å². The molecule has 1 atom stereocenters. The highest BCUT2D eigenvalue weighted by Crippen LogP contribution is 2.08. The quantitative estimate of drug-likeness (QED) is 0.507. The van der Waals surface area contributed by atoms with Crippen LogP contribution in [-0.2, 0) is 9.59 Å². The fraction of sp³-hybridized carbons (Fsp3) is 0.800. The number of rotatable bonds is 8. The standard InChI is InChI=1S/C10H20N2O3/c1-8(3-4-10(14)15)5-6-12-7-9(13)11-2/h8,12H,3-7H2,1-2H3,(H,11,13)(H,14,15). The normalized spacial score (nSPS) is 12.1. The summed E-state index contributed by atoms with van der Waals surface area (Å²) in [5, 5.41) is 14.0. The molecule has 5 heteroatoms. The molecule has 1 unspecified atom stereocenters. The van der Waals surface area contributed by atoms with Crippen LogP contribution in [0.2, 0.25) is 0 Å². The van der Waals surface area contributed by atoms with Crippen LogP contribution in [0.3, 0.4) is 0 Å². The van der Waals surface area contributed by atoms with Gasteiger partial charge in [-0.3, -0.25) is 9.59 Å². The summed E-state index contributed by atoms with van der Waals surface area (Å²) in [5.74, 6) is -0.411. The van der Waals surface area contributed by atoms with Crippen molar-refractivity contribution in [2.24, 2.45) is 5.92 Å². The monoisotopic (exact) mass is 216 g/mol. The molecule has 0 aliphatic rings. The highest BCUT2D eigenvalue weighted by atomic mass is 16.4. The van der Waals surface area contributed by atoms with Crippen molar-refractivity contribution in [3.05, 3.63) is 0 Å². The van der Waals surface area contributed by atoms with Gasteiger partial charge in [-0.15, -0.1) is 0 Å². The molecular weight excluding hydrogens is 196 g/mol. The zero-order valence-corrected chi connectivity index (χ0v) is 9.38. The molecule has 0 aliphatic heterocycles. The number of carbonyl (C=O) groups excluding carboxylic acids is 1. The maximum absolute atomic E-state index is 10.8. The first-order valence-electron chi connectivity index (χ1n) is 5.19. The van der Waals surface area contributed by atoms with E-state index >= 15 is 0 Å². The maximum Gasteiger partial charge on any atom is 0.303 e. The van der Waals surface area contributed by atoms with Gasteiger partial charge in [-0.25, -0.2) is 0 Å². The van der Waals surface area contributed by atoms with E-state index in [0.29, 0.717) is 18.9 Å². The number of carbonyl (C=O) groups is 2. The second-order valence-electron chi connectivity index (χ2n) is 3.68. The van der Waals surface area contributed by atoms with Gasteiger partial charge in [0.1, 0.15) is 0 Å². The molecule has 0 heterocycles. The van der Waals surface area contributed by atoms with Crippen LogP contribution in [0.15, 0.2) is 0 Å². The van der Waals surface area contributed by atoms with Crippen LogP contribution < -0.4 is 10.6 Å². The first-order chi connectivity index (χ1) is 7.06. The number of carboxylic acid groups (broad SMARTS) is 1. The van der Waals surface area contributed by atoms with Crippen LogP contribution in [0.1, 0.15) is 26.2 Å². The average molecular weight is 216 g/mol. The summed E-state index contributed by atoms with van der Waals surface area (Å²) in [6.07, 6.45) is 1.80. The van der Waals surface area contributed by atoms with Gasteiger partial charge in [0.05, 0.1) is 6.54 Å². The second kappa shape index (κ2) is 8.23. The Kier molecular flexibility index (Phi) is 7.62. The Morgan fingerprint density at radius 1 is 1.33 bits per heavy atom. The minimum Gasteiger partial charge on any atom is -0.481 e. The van der Waals surface area contributed by atoms with Gasteiger partial charge in [-0.2, -0.15) is 0 Å². The molecular formula is C10H20N2O3. The third kappa shape index (κ3) is 9.21. The number of hydrogen-bond donors (Lipinski definition) is 3. The van der Waals surface area contributed by atoms with Crippen molar-refractivity contribution in [1.29, 1.82) is 0 Å². The zero-order chi connectivity index (χ0) is 11.7. The van der Waals surface area contributed by atoms with E-state index in [1.807, 2.05) is 6.92 Å². The predicted octanol–water partition coefficient (Wildman–Crippen LogP) is 0.213. The van der Waals surface area contributed by atoms with Gasteiger partial charge in [0.25, 0.3) is 0 Å². The van der Waals surface area contributed by atoms with Crippen molar-refractivity contribution in [3.8, 4) is 0 Å². The Balaban J connectivity index is 3.34. The molecule has 0 spiro atoms. The summed E-state index contributed by atoms with van der Waals surface area (Å²) >= 11 is 0. The number of nitrogens with one attached hydrogen (secondary N) is 2. The molecule has 0 saturated heterocycles. The van der Waals surface area contributed by atoms with Gasteiger partial charge in [-0.05, 0) is 25.3 Å². The molecule has 3 N–H and O–H groups in total. The molecule has 15 heavy (non-hydrogen) atoms. The van der Waals surface area contributed by atoms with Gasteiger partial charge in [0.2, 0.25) is 5.91 Å². The van der Waals surface area contributed by atoms with Crippen molar-refractivity contribution >= 4 is 11.9 Å². The summed E-state index contributed by atoms with van der Waals surface area (Å²) in [7, 11) is 1.60. The summed E-state index contributed by atoms with van der Waals surface area (Å²) in [5.41, 5.74) is 0. The minimum absolute atomic E-state index is 0.0341. The topological polar surface area (TPSA) is 78.4 Å². The lowest BCUT2D eigenvalue weighted by molar-refractivity contribution is -0.137. The summed E-state index contributed by atoms with van der Waals surface area (Å²) in [6, 6.07) is 0. The van der Waals surface area contributed by atoms with E-state index in [2.05, 4.69) is 10.6 Å². The summed E-state index contributed by atoms with van der Waals surface area (Å²) < 4.78 is 0. The molecule has 0 aromatic rings. The molecule has 0 aromatic heterocycles. The second-order valence-corrected chi connectivity index (χ2v) is 3.68. The molecule has 88 valence electrons. The third-order valence-electron chi connectivity index (χ3n) is 2.23. The van der Waals surface area contributed by atoms with Gasteiger partial charge in [0, 0.05) is 13.5 Å². The number of likely N-dealkylation sites (N-methyl/N-ethyl adjacent to an activating group) is 1. The van der Waals surface area contributed by atoms with Gasteiger partial charge in [0.15, 0.2) is 0 Å². The first-order valence-corrected chi connectivity index (χ1v) is 5.19. The van der Waals surface area contributed by atoms with E-state index in [9.17, 15) is 9.59 Å². The number of amides is 1. The zero-order valence-electron chi connectivity index (χ0n) is 9.38. The van der Waals surface area contributed by atoms with Crippen molar-refractivity contribution in [3.63, 3.8) is 0 Å². The first kappa shape index (κ1) is 13.9. The van der Waals surface area contributed by atoms with E-state index in [-0.39, 0.29) is 12.3 Å². The minimum atomic E-state index is -0.750. The smallest absolute Gasteiger partial charge is 0.303 e. The molecule has 0 saturated carbocycles. The van der Waals surface area contributed by atoms with E-state index in [4.69, 9.17) is 5.11 Å². The largest absolute Gasteiger partial charge is 0.481 e. The fourth-order valence-electron chi connectivity index (χ4n) is 1.15. The molecule has 0 bridgehead atoms. The average Bonchev–Trinajstić information content (AvgIpc) is 2.21. The van der Waals surface area contributed by atoms with Crippen LogP contribution in [0.5, 0.6) is 0 Å². The number of aliphatic carboxylic acids is 1. The Labute approximate surface area is 90.2 Å². The Hall–Kier alpha value is -1.10. The highest BCUT2D eigenvalue weighted by molar-refractivity contribution is 5.77. The number of carboxylic acids is 1. The highest BCUT2D eigenvalue weighted by Gasteiger charge is 2.05. The Morgan fingerprint density at radius 3 is 2.53 bits per heavy atom. The maximum atomic E-state index is 10.8. The van der Waals surface area contributed by atoms with Crippen LogP contribution in [0, 0.1) is 5.92 Å². The van der Waals surface area contributed by atoms with Gasteiger partial charge in [-0.1, -0.05) is 6.92 Å². The van der Waals surface area contributed by atoms with Crippen molar-refractivity contribution in [2.75, 3.05) is 20.1 Å². The molecule has 0 radical (unpaired) electrons. The number of hydrogen-bond acceptors (Lipinski definition) is 3. The van der Waals surface area contributed by atoms with Crippen molar-refractivity contribution in [1.82, 2.24) is 10.6 Å². The fourth-order valence-corrected chi connectivity index (χ4v) is 1.15. The SMILES string of the molecule is CNC(=O)CNCCC(C)CCC(=O)O. The van der Waals surface area contributed by atoms with Gasteiger partial charge >= 0.3 is 5.97 Å². The van der Waals surface area contributed by atoms with E-state index in [1.54, 1.807) is 7.05 Å². The molecule has 0 fully saturated rings. The van der Waals surface area contributed by atoms with E-state index in [1.165, 1.54) is 0 Å². The van der Waals surface area contributed by atoms with Crippen LogP contribution >= 0.6 is 0 Å². The summed E-state index contributed by atoms with van der Waals surface area (Å²) in [4.78, 5) is 21.1. The lowest BCUT2D eigenvalue weighted by Gasteiger charge is -2.10. The van der Waals surface area contributed by atoms with Gasteiger partial charge < -0.3 is 15.7 Å². The molecule has 1 amide bonds. The Morgan fingerprint density at radius 2 is 2.00 bits per heavy atom. The summed E-state index contributed by atoms with van der Waals surface area (Å²) in [6.45, 7) is 3.08. The Bertz CT molecular complexity index is 207. The molecule has 0 rings (SSSR count). The molecule has 0 aromatic carbocycles. The lowest BCUT2D eigenvalue weighted by Crippen LogP contribution is -2.32.